The fraction of sp³-hybridized carbons (Fsp3) is 0.250. The maximum absolute atomic E-state index is 13.6. The van der Waals surface area contributed by atoms with Gasteiger partial charge in [-0.05, 0) is 47.2 Å². The van der Waals surface area contributed by atoms with Crippen molar-refractivity contribution in [1.82, 2.24) is 0 Å². The molecule has 1 atom stereocenters. The predicted octanol–water partition coefficient (Wildman–Crippen LogP) is 4.46. The molecule has 21 heavy (non-hydrogen) atoms. The number of aryl methyl sites for hydroxylation is 1. The van der Waals surface area contributed by atoms with Gasteiger partial charge in [-0.2, -0.15) is 13.2 Å². The molecule has 1 unspecified atom stereocenters. The average molecular weight is 295 g/mol. The Morgan fingerprint density at radius 3 is 2.33 bits per heavy atom. The van der Waals surface area contributed by atoms with E-state index in [1.807, 2.05) is 12.1 Å². The van der Waals surface area contributed by atoms with Crippen molar-refractivity contribution < 1.29 is 17.6 Å². The minimum absolute atomic E-state index is 0.0124. The molecular weight excluding hydrogens is 282 g/mol. The molecule has 0 aliphatic heterocycles. The lowest BCUT2D eigenvalue weighted by atomic mass is 9.98. The molecule has 0 radical (unpaired) electrons. The summed E-state index contributed by atoms with van der Waals surface area (Å²) in [6, 6.07) is 8.54. The summed E-state index contributed by atoms with van der Waals surface area (Å²) in [6.07, 6.45) is -2.97. The van der Waals surface area contributed by atoms with Crippen LogP contribution in [0.5, 0.6) is 0 Å². The summed E-state index contributed by atoms with van der Waals surface area (Å²) < 4.78 is 51.3. The van der Waals surface area contributed by atoms with Crippen LogP contribution in [-0.2, 0) is 12.6 Å². The summed E-state index contributed by atoms with van der Waals surface area (Å²) in [7, 11) is 0. The molecule has 5 heteroatoms. The van der Waals surface area contributed by atoms with E-state index in [1.54, 1.807) is 6.07 Å². The number of hydrogen-bond donors (Lipinski definition) is 1. The third kappa shape index (κ3) is 2.53. The molecule has 0 aromatic heterocycles. The molecule has 0 amide bonds. The molecule has 0 bridgehead atoms. The molecule has 2 N–H and O–H groups in total. The Labute approximate surface area is 119 Å². The molecule has 3 rings (SSSR count). The van der Waals surface area contributed by atoms with E-state index in [4.69, 9.17) is 5.73 Å². The molecule has 0 saturated heterocycles. The first-order valence-corrected chi connectivity index (χ1v) is 6.62. The van der Waals surface area contributed by atoms with E-state index in [0.717, 1.165) is 36.1 Å². The van der Waals surface area contributed by atoms with Gasteiger partial charge in [0.1, 0.15) is 5.82 Å². The van der Waals surface area contributed by atoms with Gasteiger partial charge in [0.15, 0.2) is 0 Å². The van der Waals surface area contributed by atoms with Crippen molar-refractivity contribution in [2.45, 2.75) is 25.1 Å². The molecule has 110 valence electrons. The van der Waals surface area contributed by atoms with Crippen molar-refractivity contribution >= 4 is 0 Å². The van der Waals surface area contributed by atoms with Crippen molar-refractivity contribution in [1.29, 1.82) is 0 Å². The number of alkyl halides is 3. The van der Waals surface area contributed by atoms with Gasteiger partial charge in [0.2, 0.25) is 0 Å². The molecule has 1 nitrogen and oxygen atoms in total. The largest absolute Gasteiger partial charge is 0.419 e. The van der Waals surface area contributed by atoms with Crippen LogP contribution in [0.4, 0.5) is 17.6 Å². The zero-order valence-corrected chi connectivity index (χ0v) is 11.0. The van der Waals surface area contributed by atoms with E-state index in [0.29, 0.717) is 11.1 Å². The number of benzene rings is 2. The Balaban J connectivity index is 2.00. The van der Waals surface area contributed by atoms with Crippen LogP contribution in [-0.4, -0.2) is 0 Å². The molecule has 0 fully saturated rings. The summed E-state index contributed by atoms with van der Waals surface area (Å²) in [4.78, 5) is 0. The highest BCUT2D eigenvalue weighted by molar-refractivity contribution is 5.66. The quantitative estimate of drug-likeness (QED) is 0.772. The van der Waals surface area contributed by atoms with Gasteiger partial charge in [0, 0.05) is 6.04 Å². The summed E-state index contributed by atoms with van der Waals surface area (Å²) in [5.74, 6) is -1.25. The fourth-order valence-electron chi connectivity index (χ4n) is 2.75. The molecule has 1 aliphatic carbocycles. The molecular formula is C16H13F4N. The van der Waals surface area contributed by atoms with E-state index in [2.05, 4.69) is 0 Å². The van der Waals surface area contributed by atoms with Crippen molar-refractivity contribution in [3.63, 3.8) is 0 Å². The van der Waals surface area contributed by atoms with Crippen LogP contribution >= 0.6 is 0 Å². The molecule has 2 aromatic rings. The Hall–Kier alpha value is -1.88. The maximum Gasteiger partial charge on any atom is 0.419 e. The topological polar surface area (TPSA) is 26.0 Å². The molecule has 1 aliphatic rings. The van der Waals surface area contributed by atoms with Crippen LogP contribution in [0.3, 0.4) is 0 Å². The van der Waals surface area contributed by atoms with Gasteiger partial charge in [-0.3, -0.25) is 0 Å². The second-order valence-corrected chi connectivity index (χ2v) is 5.25. The van der Waals surface area contributed by atoms with Gasteiger partial charge in [-0.1, -0.05) is 24.3 Å². The first-order valence-electron chi connectivity index (χ1n) is 6.62. The third-order valence-corrected chi connectivity index (χ3v) is 3.87. The van der Waals surface area contributed by atoms with Crippen LogP contribution in [0.25, 0.3) is 11.1 Å². The summed E-state index contributed by atoms with van der Waals surface area (Å²) in [5, 5.41) is 0. The second-order valence-electron chi connectivity index (χ2n) is 5.25. The SMILES string of the molecule is NC1CCc2cc(-c3ccc(C(F)(F)F)c(F)c3)ccc21. The van der Waals surface area contributed by atoms with Gasteiger partial charge in [0.05, 0.1) is 5.56 Å². The van der Waals surface area contributed by atoms with Crippen LogP contribution in [0.2, 0.25) is 0 Å². The molecule has 0 spiro atoms. The van der Waals surface area contributed by atoms with E-state index >= 15 is 0 Å². The van der Waals surface area contributed by atoms with Gasteiger partial charge in [-0.25, -0.2) is 4.39 Å². The zero-order chi connectivity index (χ0) is 15.2. The summed E-state index contributed by atoms with van der Waals surface area (Å²) >= 11 is 0. The first kappa shape index (κ1) is 14.1. The second kappa shape index (κ2) is 4.84. The van der Waals surface area contributed by atoms with Crippen molar-refractivity contribution in [2.75, 3.05) is 0 Å². The van der Waals surface area contributed by atoms with E-state index in [1.165, 1.54) is 6.07 Å². The molecule has 2 aromatic carbocycles. The highest BCUT2D eigenvalue weighted by Crippen LogP contribution is 2.35. The van der Waals surface area contributed by atoms with Crippen LogP contribution in [0, 0.1) is 5.82 Å². The van der Waals surface area contributed by atoms with Crippen LogP contribution in [0.15, 0.2) is 36.4 Å². The number of fused-ring (bicyclic) bond motifs is 1. The zero-order valence-electron chi connectivity index (χ0n) is 11.0. The normalized spacial score (nSPS) is 17.9. The summed E-state index contributed by atoms with van der Waals surface area (Å²) in [5.41, 5.74) is 7.98. The fourth-order valence-corrected chi connectivity index (χ4v) is 2.75. The van der Waals surface area contributed by atoms with E-state index in [-0.39, 0.29) is 6.04 Å². The smallest absolute Gasteiger partial charge is 0.324 e. The van der Waals surface area contributed by atoms with E-state index in [9.17, 15) is 17.6 Å². The minimum atomic E-state index is -4.67. The first-order chi connectivity index (χ1) is 9.86. The van der Waals surface area contributed by atoms with Gasteiger partial charge in [0.25, 0.3) is 0 Å². The van der Waals surface area contributed by atoms with Crippen molar-refractivity contribution in [3.8, 4) is 11.1 Å². The Bertz CT molecular complexity index is 691. The maximum atomic E-state index is 13.6. The molecule has 0 saturated carbocycles. The van der Waals surface area contributed by atoms with Gasteiger partial charge >= 0.3 is 6.18 Å². The number of nitrogens with two attached hydrogens (primary N) is 1. The number of hydrogen-bond acceptors (Lipinski definition) is 1. The lowest BCUT2D eigenvalue weighted by Crippen LogP contribution is -2.07. The van der Waals surface area contributed by atoms with Crippen molar-refractivity contribution in [3.05, 3.63) is 58.9 Å². The monoisotopic (exact) mass is 295 g/mol. The Morgan fingerprint density at radius 2 is 1.67 bits per heavy atom. The van der Waals surface area contributed by atoms with Crippen molar-refractivity contribution in [2.24, 2.45) is 5.73 Å². The highest BCUT2D eigenvalue weighted by Gasteiger charge is 2.34. The van der Waals surface area contributed by atoms with Crippen LogP contribution < -0.4 is 5.73 Å². The van der Waals surface area contributed by atoms with Crippen LogP contribution in [0.1, 0.15) is 29.2 Å². The Morgan fingerprint density at radius 1 is 1.00 bits per heavy atom. The number of rotatable bonds is 1. The van der Waals surface area contributed by atoms with Gasteiger partial charge < -0.3 is 5.73 Å². The van der Waals surface area contributed by atoms with Gasteiger partial charge in [-0.15, -0.1) is 0 Å². The third-order valence-electron chi connectivity index (χ3n) is 3.87. The Kier molecular flexibility index (Phi) is 3.24. The molecule has 0 heterocycles. The predicted molar refractivity (Wildman–Crippen MR) is 72.1 cm³/mol. The number of halogens is 4. The average Bonchev–Trinajstić information content (AvgIpc) is 2.78. The van der Waals surface area contributed by atoms with E-state index < -0.39 is 17.6 Å². The lowest BCUT2D eigenvalue weighted by molar-refractivity contribution is -0.139. The standard InChI is InChI=1S/C16H13F4N/c17-14-8-10(2-5-13(14)16(18,19)20)9-1-4-12-11(7-9)3-6-15(12)21/h1-2,4-5,7-8,15H,3,6,21H2. The highest BCUT2D eigenvalue weighted by atomic mass is 19.4. The summed E-state index contributed by atoms with van der Waals surface area (Å²) in [6.45, 7) is 0. The lowest BCUT2D eigenvalue weighted by Gasteiger charge is -2.11. The minimum Gasteiger partial charge on any atom is -0.324 e.